The SMILES string of the molecule is Cc1csc2c(-n3nc(Nc4ccc(N5CCN([C@H]6CC7CCC6C7)CC5)cc4)nc3N)nc(C=CCN3CCOCC3)nc12. The number of fused-ring (bicyclic) bond motifs is 3. The minimum atomic E-state index is 0.275. The lowest BCUT2D eigenvalue weighted by molar-refractivity contribution is 0.0435. The summed E-state index contributed by atoms with van der Waals surface area (Å²) in [4.78, 5) is 21.9. The Morgan fingerprint density at radius 3 is 2.58 bits per heavy atom. The van der Waals surface area contributed by atoms with Crippen molar-refractivity contribution in [3.63, 3.8) is 0 Å². The number of nitrogens with two attached hydrogens (primary N) is 1. The van der Waals surface area contributed by atoms with Gasteiger partial charge < -0.3 is 20.7 Å². The van der Waals surface area contributed by atoms with Crippen molar-refractivity contribution in [1.82, 2.24) is 34.5 Å². The fraction of sp³-hybridized carbons (Fsp3) is 0.515. The molecule has 4 aromatic rings. The number of nitrogens with zero attached hydrogens (tertiary/aromatic N) is 8. The Morgan fingerprint density at radius 1 is 1.00 bits per heavy atom. The molecule has 2 unspecified atom stereocenters. The van der Waals surface area contributed by atoms with E-state index in [0.717, 1.165) is 85.3 Å². The number of nitrogens with one attached hydrogen (secondary N) is 1. The highest BCUT2D eigenvalue weighted by molar-refractivity contribution is 7.17. The third-order valence-corrected chi connectivity index (χ3v) is 11.2. The van der Waals surface area contributed by atoms with Gasteiger partial charge in [0, 0.05) is 63.2 Å². The van der Waals surface area contributed by atoms with E-state index in [0.29, 0.717) is 17.6 Å². The minimum Gasteiger partial charge on any atom is -0.379 e. The summed E-state index contributed by atoms with van der Waals surface area (Å²) in [5.41, 5.74) is 10.6. The van der Waals surface area contributed by atoms with Gasteiger partial charge in [0.15, 0.2) is 11.6 Å². The number of benzene rings is 1. The second-order valence-corrected chi connectivity index (χ2v) is 13.8. The Balaban J connectivity index is 0.945. The zero-order valence-corrected chi connectivity index (χ0v) is 26.8. The van der Waals surface area contributed by atoms with Gasteiger partial charge in [0.25, 0.3) is 0 Å². The van der Waals surface area contributed by atoms with Crippen molar-refractivity contribution in [2.24, 2.45) is 11.8 Å². The monoisotopic (exact) mass is 626 g/mol. The zero-order chi connectivity index (χ0) is 30.3. The molecule has 5 heterocycles. The summed E-state index contributed by atoms with van der Waals surface area (Å²) in [5.74, 6) is 3.94. The number of nitrogen functional groups attached to an aromatic ring is 1. The van der Waals surface area contributed by atoms with Crippen LogP contribution < -0.4 is 16.0 Å². The molecule has 2 bridgehead atoms. The van der Waals surface area contributed by atoms with Crippen molar-refractivity contribution in [2.75, 3.05) is 75.0 Å². The molecule has 4 aliphatic rings. The quantitative estimate of drug-likeness (QED) is 0.289. The average molecular weight is 627 g/mol. The first-order chi connectivity index (χ1) is 22.1. The number of ether oxygens (including phenoxy) is 1. The Kier molecular flexibility index (Phi) is 7.90. The molecule has 3 aromatic heterocycles. The van der Waals surface area contributed by atoms with Crippen molar-refractivity contribution >= 4 is 50.9 Å². The molecule has 8 rings (SSSR count). The van der Waals surface area contributed by atoms with Crippen LogP contribution in [-0.4, -0.2) is 99.6 Å². The third kappa shape index (κ3) is 5.92. The second-order valence-electron chi connectivity index (χ2n) is 13.0. The van der Waals surface area contributed by atoms with Crippen molar-refractivity contribution in [2.45, 2.75) is 38.6 Å². The summed E-state index contributed by atoms with van der Waals surface area (Å²) in [6, 6.07) is 9.40. The van der Waals surface area contributed by atoms with Gasteiger partial charge in [0.1, 0.15) is 0 Å². The van der Waals surface area contributed by atoms with Crippen LogP contribution in [0.2, 0.25) is 0 Å². The standard InChI is InChI=1S/C33H42N10OS/c1-22-21-45-30-29(22)36-28(3-2-10-40-15-17-44-18-16-40)37-31(30)43-32(34)38-33(39-43)35-25-6-8-26(9-7-25)41-11-13-42(14-12-41)27-20-23-4-5-24(27)19-23/h2-3,6-9,21,23-24,27H,4-5,10-20H2,1H3,(H3,34,35,38,39)/t23?,24?,27-/m0/s1. The van der Waals surface area contributed by atoms with E-state index in [4.69, 9.17) is 25.5 Å². The van der Waals surface area contributed by atoms with E-state index in [1.54, 1.807) is 16.0 Å². The molecule has 1 aromatic carbocycles. The van der Waals surface area contributed by atoms with Gasteiger partial charge >= 0.3 is 0 Å². The highest BCUT2D eigenvalue weighted by atomic mass is 32.1. The number of piperazine rings is 1. The predicted molar refractivity (Wildman–Crippen MR) is 181 cm³/mol. The molecule has 0 amide bonds. The van der Waals surface area contributed by atoms with Gasteiger partial charge in [-0.25, -0.2) is 9.97 Å². The van der Waals surface area contributed by atoms with E-state index in [1.807, 2.05) is 6.08 Å². The van der Waals surface area contributed by atoms with Gasteiger partial charge in [0.2, 0.25) is 11.9 Å². The van der Waals surface area contributed by atoms with E-state index in [2.05, 4.69) is 67.6 Å². The summed E-state index contributed by atoms with van der Waals surface area (Å²) in [6.45, 7) is 10.8. The molecular weight excluding hydrogens is 584 g/mol. The fourth-order valence-corrected chi connectivity index (χ4v) is 8.69. The van der Waals surface area contributed by atoms with Crippen molar-refractivity contribution in [3.05, 3.63) is 47.1 Å². The number of rotatable bonds is 8. The molecule has 2 aliphatic heterocycles. The van der Waals surface area contributed by atoms with E-state index in [1.165, 1.54) is 44.5 Å². The van der Waals surface area contributed by atoms with Crippen molar-refractivity contribution in [1.29, 1.82) is 0 Å². The van der Waals surface area contributed by atoms with E-state index in [9.17, 15) is 0 Å². The molecule has 45 heavy (non-hydrogen) atoms. The summed E-state index contributed by atoms with van der Waals surface area (Å²) in [5, 5.41) is 10.2. The maximum Gasteiger partial charge on any atom is 0.248 e. The maximum atomic E-state index is 6.42. The number of anilines is 4. The molecule has 0 radical (unpaired) electrons. The Hall–Kier alpha value is -3.58. The molecule has 2 saturated carbocycles. The van der Waals surface area contributed by atoms with Crippen LogP contribution in [-0.2, 0) is 4.74 Å². The first kappa shape index (κ1) is 28.9. The lowest BCUT2D eigenvalue weighted by Gasteiger charge is -2.41. The summed E-state index contributed by atoms with van der Waals surface area (Å²) in [7, 11) is 0. The van der Waals surface area contributed by atoms with Crippen LogP contribution in [0, 0.1) is 18.8 Å². The lowest BCUT2D eigenvalue weighted by atomic mass is 9.93. The molecule has 236 valence electrons. The Bertz CT molecular complexity index is 1670. The molecular formula is C33H42N10OS. The lowest BCUT2D eigenvalue weighted by Crippen LogP contribution is -2.51. The van der Waals surface area contributed by atoms with Crippen LogP contribution in [0.4, 0.5) is 23.3 Å². The van der Waals surface area contributed by atoms with E-state index < -0.39 is 0 Å². The largest absolute Gasteiger partial charge is 0.379 e. The molecule has 2 saturated heterocycles. The molecule has 0 spiro atoms. The molecule has 4 fully saturated rings. The van der Waals surface area contributed by atoms with E-state index >= 15 is 0 Å². The summed E-state index contributed by atoms with van der Waals surface area (Å²) < 4.78 is 8.01. The molecule has 3 N–H and O–H groups in total. The van der Waals surface area contributed by atoms with Crippen LogP contribution in [0.5, 0.6) is 0 Å². The normalized spacial score (nSPS) is 24.4. The number of aromatic nitrogens is 5. The van der Waals surface area contributed by atoms with Gasteiger partial charge in [-0.1, -0.05) is 12.5 Å². The van der Waals surface area contributed by atoms with Crippen molar-refractivity contribution in [3.8, 4) is 5.82 Å². The Morgan fingerprint density at radius 2 is 1.82 bits per heavy atom. The van der Waals surface area contributed by atoms with Crippen molar-refractivity contribution < 1.29 is 4.74 Å². The highest BCUT2D eigenvalue weighted by Crippen LogP contribution is 2.46. The second kappa shape index (κ2) is 12.3. The number of aryl methyl sites for hydroxylation is 1. The average Bonchev–Trinajstić information content (AvgIpc) is 3.87. The number of morpholine rings is 1. The number of thiophene rings is 1. The van der Waals surface area contributed by atoms with Gasteiger partial charge in [0.05, 0.1) is 23.4 Å². The molecule has 3 atom stereocenters. The van der Waals surface area contributed by atoms with Crippen LogP contribution in [0.15, 0.2) is 35.7 Å². The smallest absolute Gasteiger partial charge is 0.248 e. The van der Waals surface area contributed by atoms with Crippen LogP contribution >= 0.6 is 11.3 Å². The number of hydrogen-bond acceptors (Lipinski definition) is 11. The fourth-order valence-electron chi connectivity index (χ4n) is 7.73. The van der Waals surface area contributed by atoms with Gasteiger partial charge in [-0.15, -0.1) is 16.4 Å². The van der Waals surface area contributed by atoms with Gasteiger partial charge in [-0.2, -0.15) is 9.67 Å². The Labute approximate surface area is 268 Å². The van der Waals surface area contributed by atoms with Crippen LogP contribution in [0.3, 0.4) is 0 Å². The summed E-state index contributed by atoms with van der Waals surface area (Å²) >= 11 is 1.59. The van der Waals surface area contributed by atoms with Gasteiger partial charge in [-0.3, -0.25) is 9.80 Å². The maximum absolute atomic E-state index is 6.42. The first-order valence-electron chi connectivity index (χ1n) is 16.4. The highest BCUT2D eigenvalue weighted by Gasteiger charge is 2.42. The van der Waals surface area contributed by atoms with Crippen LogP contribution in [0.1, 0.15) is 37.1 Å². The minimum absolute atomic E-state index is 0.275. The first-order valence-corrected chi connectivity index (χ1v) is 17.3. The third-order valence-electron chi connectivity index (χ3n) is 10.1. The molecule has 2 aliphatic carbocycles. The van der Waals surface area contributed by atoms with Crippen LogP contribution in [0.25, 0.3) is 22.1 Å². The zero-order valence-electron chi connectivity index (χ0n) is 25.9. The molecule has 11 nitrogen and oxygen atoms in total. The molecule has 12 heteroatoms. The van der Waals surface area contributed by atoms with E-state index in [-0.39, 0.29) is 5.95 Å². The summed E-state index contributed by atoms with van der Waals surface area (Å²) in [6.07, 6.45) is 9.91. The predicted octanol–water partition coefficient (Wildman–Crippen LogP) is 4.56. The topological polar surface area (TPSA) is 113 Å². The van der Waals surface area contributed by atoms with Gasteiger partial charge in [-0.05, 0) is 79.3 Å². The number of hydrogen-bond donors (Lipinski definition) is 2.